The molecule has 0 aromatic heterocycles. The van der Waals surface area contributed by atoms with Gasteiger partial charge in [-0.1, -0.05) is 6.92 Å². The molecule has 0 rings (SSSR count). The van der Waals surface area contributed by atoms with Crippen molar-refractivity contribution in [3.05, 3.63) is 0 Å². The average molecular weight is 166 g/mol. The predicted octanol–water partition coefficient (Wildman–Crippen LogP) is 0.0172. The second-order valence-corrected chi connectivity index (χ2v) is 2.89. The molecule has 10 heavy (non-hydrogen) atoms. The molecule has 0 spiro atoms. The average Bonchev–Trinajstić information content (AvgIpc) is 1.85. The van der Waals surface area contributed by atoms with Gasteiger partial charge in [-0.15, -0.1) is 0 Å². The minimum atomic E-state index is -1.92. The van der Waals surface area contributed by atoms with E-state index in [0.29, 0.717) is 0 Å². The van der Waals surface area contributed by atoms with Gasteiger partial charge >= 0.3 is 5.97 Å². The molecule has 5 heteroatoms. The number of esters is 1. The van der Waals surface area contributed by atoms with E-state index in [1.165, 1.54) is 7.11 Å². The molecule has 0 heterocycles. The second-order valence-electron chi connectivity index (χ2n) is 1.91. The third-order valence-corrected chi connectivity index (χ3v) is 1.78. The van der Waals surface area contributed by atoms with Gasteiger partial charge in [0.25, 0.3) is 0 Å². The van der Waals surface area contributed by atoms with Gasteiger partial charge in [0, 0.05) is 0 Å². The number of rotatable bonds is 3. The van der Waals surface area contributed by atoms with Crippen LogP contribution in [-0.2, 0) is 20.6 Å². The zero-order valence-electron chi connectivity index (χ0n) is 5.86. The SMILES string of the molecule is COC(=O)C(C)CS(=O)O. The van der Waals surface area contributed by atoms with Crippen LogP contribution < -0.4 is 0 Å². The number of carbonyl (C=O) groups is 1. The number of hydrogen-bond acceptors (Lipinski definition) is 3. The van der Waals surface area contributed by atoms with Gasteiger partial charge in [0.1, 0.15) is 0 Å². The smallest absolute Gasteiger partial charge is 0.309 e. The lowest BCUT2D eigenvalue weighted by atomic mass is 10.2. The summed E-state index contributed by atoms with van der Waals surface area (Å²) in [5.74, 6) is -1.02. The van der Waals surface area contributed by atoms with Crippen LogP contribution >= 0.6 is 0 Å². The van der Waals surface area contributed by atoms with Gasteiger partial charge < -0.3 is 9.29 Å². The highest BCUT2D eigenvalue weighted by molar-refractivity contribution is 7.79. The van der Waals surface area contributed by atoms with E-state index in [9.17, 15) is 9.00 Å². The fourth-order valence-corrected chi connectivity index (χ4v) is 1.05. The lowest BCUT2D eigenvalue weighted by Gasteiger charge is -2.04. The Kier molecular flexibility index (Phi) is 4.22. The topological polar surface area (TPSA) is 63.6 Å². The zero-order chi connectivity index (χ0) is 8.15. The van der Waals surface area contributed by atoms with Gasteiger partial charge in [-0.3, -0.25) is 4.79 Å². The van der Waals surface area contributed by atoms with Crippen molar-refractivity contribution in [2.45, 2.75) is 6.92 Å². The lowest BCUT2D eigenvalue weighted by Crippen LogP contribution is -2.18. The van der Waals surface area contributed by atoms with Crippen LogP contribution in [-0.4, -0.2) is 27.6 Å². The van der Waals surface area contributed by atoms with Gasteiger partial charge in [0.15, 0.2) is 11.1 Å². The normalized spacial score (nSPS) is 15.9. The molecule has 0 amide bonds. The third kappa shape index (κ3) is 3.58. The Labute approximate surface area is 61.9 Å². The summed E-state index contributed by atoms with van der Waals surface area (Å²) in [6.45, 7) is 1.54. The number of methoxy groups -OCH3 is 1. The summed E-state index contributed by atoms with van der Waals surface area (Å²) in [5.41, 5.74) is 0. The molecule has 1 N–H and O–H groups in total. The van der Waals surface area contributed by atoms with Gasteiger partial charge in [-0.05, 0) is 0 Å². The molecular formula is C5H10O4S. The molecule has 0 aliphatic heterocycles. The van der Waals surface area contributed by atoms with E-state index in [2.05, 4.69) is 4.74 Å². The zero-order valence-corrected chi connectivity index (χ0v) is 6.68. The highest BCUT2D eigenvalue weighted by Gasteiger charge is 2.14. The van der Waals surface area contributed by atoms with Crippen molar-refractivity contribution in [3.63, 3.8) is 0 Å². The Morgan fingerprint density at radius 2 is 2.30 bits per heavy atom. The van der Waals surface area contributed by atoms with Crippen LogP contribution in [0.4, 0.5) is 0 Å². The summed E-state index contributed by atoms with van der Waals surface area (Å²) in [4.78, 5) is 10.6. The maximum Gasteiger partial charge on any atom is 0.309 e. The van der Waals surface area contributed by atoms with Crippen LogP contribution in [0, 0.1) is 5.92 Å². The van der Waals surface area contributed by atoms with Gasteiger partial charge in [-0.2, -0.15) is 0 Å². The molecule has 2 atom stereocenters. The molecule has 0 saturated carbocycles. The van der Waals surface area contributed by atoms with Gasteiger partial charge in [0.2, 0.25) is 0 Å². The first-order valence-electron chi connectivity index (χ1n) is 2.73. The van der Waals surface area contributed by atoms with E-state index in [1.807, 2.05) is 0 Å². The molecule has 0 aromatic carbocycles. The van der Waals surface area contributed by atoms with E-state index in [0.717, 1.165) is 0 Å². The molecule has 2 unspecified atom stereocenters. The van der Waals surface area contributed by atoms with Crippen molar-refractivity contribution < 1.29 is 18.3 Å². The van der Waals surface area contributed by atoms with Crippen LogP contribution in [0.1, 0.15) is 6.92 Å². The molecule has 0 fully saturated rings. The summed E-state index contributed by atoms with van der Waals surface area (Å²) in [6, 6.07) is 0. The molecule has 0 bridgehead atoms. The van der Waals surface area contributed by atoms with Gasteiger partial charge in [-0.25, -0.2) is 4.21 Å². The number of hydrogen-bond donors (Lipinski definition) is 1. The first-order valence-corrected chi connectivity index (χ1v) is 4.00. The summed E-state index contributed by atoms with van der Waals surface area (Å²) in [7, 11) is 1.25. The van der Waals surface area contributed by atoms with E-state index < -0.39 is 23.0 Å². The minimum absolute atomic E-state index is 0.0628. The summed E-state index contributed by atoms with van der Waals surface area (Å²) >= 11 is -1.92. The monoisotopic (exact) mass is 166 g/mol. The molecule has 0 aromatic rings. The first kappa shape index (κ1) is 9.58. The fraction of sp³-hybridized carbons (Fsp3) is 0.800. The van der Waals surface area contributed by atoms with E-state index in [1.54, 1.807) is 6.92 Å². The quantitative estimate of drug-likeness (QED) is 0.474. The summed E-state index contributed by atoms with van der Waals surface area (Å²) in [6.07, 6.45) is 0. The largest absolute Gasteiger partial charge is 0.469 e. The third-order valence-electron chi connectivity index (χ3n) is 0.996. The van der Waals surface area contributed by atoms with E-state index in [-0.39, 0.29) is 5.75 Å². The van der Waals surface area contributed by atoms with E-state index in [4.69, 9.17) is 4.55 Å². The fourth-order valence-electron chi connectivity index (χ4n) is 0.483. The van der Waals surface area contributed by atoms with Crippen molar-refractivity contribution in [2.24, 2.45) is 5.92 Å². The van der Waals surface area contributed by atoms with Crippen molar-refractivity contribution in [1.29, 1.82) is 0 Å². The predicted molar refractivity (Wildman–Crippen MR) is 36.8 cm³/mol. The lowest BCUT2D eigenvalue weighted by molar-refractivity contribution is -0.144. The Hall–Kier alpha value is -0.420. The molecule has 0 aliphatic rings. The van der Waals surface area contributed by atoms with Crippen molar-refractivity contribution in [3.8, 4) is 0 Å². The Balaban J connectivity index is 3.72. The number of ether oxygens (including phenoxy) is 1. The molecule has 0 radical (unpaired) electrons. The Bertz CT molecular complexity index is 145. The van der Waals surface area contributed by atoms with Crippen LogP contribution in [0.15, 0.2) is 0 Å². The van der Waals surface area contributed by atoms with Crippen LogP contribution in [0.2, 0.25) is 0 Å². The standard InChI is InChI=1S/C5H10O4S/c1-4(3-10(7)8)5(6)9-2/h4H,3H2,1-2H3,(H,7,8). The van der Waals surface area contributed by atoms with Crippen LogP contribution in [0.25, 0.3) is 0 Å². The molecule has 0 aliphatic carbocycles. The molecule has 0 saturated heterocycles. The van der Waals surface area contributed by atoms with Gasteiger partial charge in [0.05, 0.1) is 18.8 Å². The van der Waals surface area contributed by atoms with Crippen LogP contribution in [0.3, 0.4) is 0 Å². The number of carbonyl (C=O) groups excluding carboxylic acids is 1. The first-order chi connectivity index (χ1) is 4.57. The summed E-state index contributed by atoms with van der Waals surface area (Å²) in [5, 5.41) is 0. The van der Waals surface area contributed by atoms with Crippen LogP contribution in [0.5, 0.6) is 0 Å². The Morgan fingerprint density at radius 3 is 2.60 bits per heavy atom. The molecule has 60 valence electrons. The second kappa shape index (κ2) is 4.40. The summed E-state index contributed by atoms with van der Waals surface area (Å²) < 4.78 is 22.8. The minimum Gasteiger partial charge on any atom is -0.469 e. The van der Waals surface area contributed by atoms with E-state index >= 15 is 0 Å². The molecular weight excluding hydrogens is 156 g/mol. The van der Waals surface area contributed by atoms with Crippen molar-refractivity contribution >= 4 is 17.0 Å². The molecule has 4 nitrogen and oxygen atoms in total. The maximum atomic E-state index is 10.6. The maximum absolute atomic E-state index is 10.6. The Morgan fingerprint density at radius 1 is 1.80 bits per heavy atom. The highest BCUT2D eigenvalue weighted by Crippen LogP contribution is 1.98. The highest BCUT2D eigenvalue weighted by atomic mass is 32.2. The van der Waals surface area contributed by atoms with Crippen molar-refractivity contribution in [1.82, 2.24) is 0 Å². The van der Waals surface area contributed by atoms with Crippen molar-refractivity contribution in [2.75, 3.05) is 12.9 Å².